The van der Waals surface area contributed by atoms with Crippen molar-refractivity contribution in [3.8, 4) is 0 Å². The van der Waals surface area contributed by atoms with Crippen LogP contribution in [0.15, 0.2) is 30.3 Å². The Hall–Kier alpha value is -2.61. The molecule has 0 spiro atoms. The highest BCUT2D eigenvalue weighted by molar-refractivity contribution is 5.83. The Morgan fingerprint density at radius 1 is 0.864 bits per heavy atom. The first-order chi connectivity index (χ1) is 30.9. The molecule has 3 saturated heterocycles. The largest absolute Gasteiger partial charge is 0.459 e. The molecule has 16 heteroatoms. The molecular weight excluding hydrogens is 855 g/mol. The number of methoxy groups -OCH3 is 2. The van der Waals surface area contributed by atoms with Crippen molar-refractivity contribution in [2.75, 3.05) is 41.5 Å². The molecule has 0 saturated carbocycles. The number of hydrogen-bond acceptors (Lipinski definition) is 16. The molecule has 3 fully saturated rings. The number of esters is 2. The molecule has 2 N–H and O–H groups in total. The van der Waals surface area contributed by atoms with Crippen molar-refractivity contribution < 1.29 is 72.0 Å². The SMILES string of the molecule is CC[C@H]1OC(=O)[C@H](C)[C@@H](O[C@H]2C[C@@](C)(OC)[C@@H](OC(C)=O)[C@H](C)O2)[C@H](C)[C@@H](O[C@@H]2O[C@H](C)C[C@H](N(C)C)[C@H]2OCCCOCc2ccccc2)[C@@](C)(OC)C[C@@H](C)C(=O)[C@H](C)[C@@H](O)[C@]1(C)O. The minimum atomic E-state index is -1.99. The van der Waals surface area contributed by atoms with Gasteiger partial charge in [-0.2, -0.15) is 0 Å². The van der Waals surface area contributed by atoms with Crippen LogP contribution >= 0.6 is 0 Å². The van der Waals surface area contributed by atoms with Gasteiger partial charge in [-0.15, -0.1) is 0 Å². The van der Waals surface area contributed by atoms with Crippen LogP contribution in [-0.4, -0.2) is 159 Å². The molecule has 0 aliphatic carbocycles. The van der Waals surface area contributed by atoms with E-state index in [4.69, 9.17) is 47.4 Å². The van der Waals surface area contributed by atoms with E-state index in [2.05, 4.69) is 4.90 Å². The summed E-state index contributed by atoms with van der Waals surface area (Å²) >= 11 is 0. The number of hydrogen-bond donors (Lipinski definition) is 2. The highest BCUT2D eigenvalue weighted by Gasteiger charge is 2.55. The van der Waals surface area contributed by atoms with E-state index in [-0.39, 0.29) is 37.2 Å². The van der Waals surface area contributed by atoms with Crippen molar-refractivity contribution >= 4 is 17.7 Å². The molecule has 4 rings (SSSR count). The van der Waals surface area contributed by atoms with E-state index in [0.29, 0.717) is 32.7 Å². The number of Topliss-reactive ketones (excluding diaryl/α,β-unsaturated/α-hetero) is 1. The van der Waals surface area contributed by atoms with Crippen molar-refractivity contribution in [1.29, 1.82) is 0 Å². The van der Waals surface area contributed by atoms with Gasteiger partial charge >= 0.3 is 11.9 Å². The Labute approximate surface area is 393 Å². The Kier molecular flexibility index (Phi) is 20.6. The fourth-order valence-electron chi connectivity index (χ4n) is 10.3. The van der Waals surface area contributed by atoms with Crippen molar-refractivity contribution in [1.82, 2.24) is 4.90 Å². The summed E-state index contributed by atoms with van der Waals surface area (Å²) in [7, 11) is 7.07. The maximum atomic E-state index is 14.6. The van der Waals surface area contributed by atoms with Crippen molar-refractivity contribution in [2.24, 2.45) is 23.7 Å². The fraction of sp³-hybridized carbons (Fsp3) is 0.820. The zero-order chi connectivity index (χ0) is 49.3. The minimum Gasteiger partial charge on any atom is -0.459 e. The molecular formula is C50H83NO15. The Morgan fingerprint density at radius 2 is 1.50 bits per heavy atom. The smallest absolute Gasteiger partial charge is 0.311 e. The molecule has 1 aromatic carbocycles. The third-order valence-electron chi connectivity index (χ3n) is 14.3. The molecule has 18 atom stereocenters. The fourth-order valence-corrected chi connectivity index (χ4v) is 10.3. The first kappa shape index (κ1) is 56.0. The number of aliphatic hydroxyl groups excluding tert-OH is 1. The highest BCUT2D eigenvalue weighted by atomic mass is 16.7. The van der Waals surface area contributed by atoms with Crippen molar-refractivity contribution in [3.63, 3.8) is 0 Å². The lowest BCUT2D eigenvalue weighted by Crippen LogP contribution is -2.62. The minimum absolute atomic E-state index is 0.116. The summed E-state index contributed by atoms with van der Waals surface area (Å²) in [5, 5.41) is 23.5. The predicted octanol–water partition coefficient (Wildman–Crippen LogP) is 5.64. The molecule has 3 aliphatic heterocycles. The van der Waals surface area contributed by atoms with E-state index in [0.717, 1.165) is 5.56 Å². The molecule has 16 nitrogen and oxygen atoms in total. The van der Waals surface area contributed by atoms with E-state index in [9.17, 15) is 24.6 Å². The lowest BCUT2D eigenvalue weighted by molar-refractivity contribution is -0.323. The van der Waals surface area contributed by atoms with Gasteiger partial charge in [0, 0.05) is 64.6 Å². The van der Waals surface area contributed by atoms with Crippen LogP contribution in [0.3, 0.4) is 0 Å². The van der Waals surface area contributed by atoms with Gasteiger partial charge in [0.25, 0.3) is 0 Å². The maximum absolute atomic E-state index is 14.6. The van der Waals surface area contributed by atoms with E-state index in [1.54, 1.807) is 41.7 Å². The summed E-state index contributed by atoms with van der Waals surface area (Å²) in [5.74, 6) is -5.01. The Balaban J connectivity index is 1.80. The molecule has 1 aromatic rings. The van der Waals surface area contributed by atoms with Crippen LogP contribution in [0.2, 0.25) is 0 Å². The van der Waals surface area contributed by atoms with Crippen LogP contribution in [-0.2, 0) is 68.4 Å². The van der Waals surface area contributed by atoms with Gasteiger partial charge in [-0.25, -0.2) is 0 Å². The first-order valence-corrected chi connectivity index (χ1v) is 23.9. The topological polar surface area (TPSA) is 187 Å². The molecule has 0 radical (unpaired) electrons. The lowest BCUT2D eigenvalue weighted by Gasteiger charge is -2.50. The van der Waals surface area contributed by atoms with Crippen LogP contribution in [0.5, 0.6) is 0 Å². The molecule has 3 aliphatic rings. The second-order valence-corrected chi connectivity index (χ2v) is 20.0. The lowest BCUT2D eigenvalue weighted by atomic mass is 9.74. The predicted molar refractivity (Wildman–Crippen MR) is 245 cm³/mol. The number of rotatable bonds is 16. The third kappa shape index (κ3) is 13.6. The summed E-state index contributed by atoms with van der Waals surface area (Å²) in [5.41, 5.74) is -3.22. The molecule has 0 aromatic heterocycles. The van der Waals surface area contributed by atoms with Gasteiger partial charge in [-0.05, 0) is 86.9 Å². The molecule has 378 valence electrons. The second kappa shape index (κ2) is 24.3. The quantitative estimate of drug-likeness (QED) is 0.153. The van der Waals surface area contributed by atoms with E-state index in [1.165, 1.54) is 21.0 Å². The number of aliphatic hydroxyl groups is 2. The standard InChI is InChI=1S/C50H83NO15/c1-16-38-50(11,56)43(54)31(4)40(53)29(2)26-48(9,57-14)44(32(5)41(33(6)46(55)64-38)65-39-27-49(10,58-15)45(34(7)62-39)63-35(8)52)66-47-42(37(51(12)13)25-30(3)61-47)60-24-20-23-59-28-36-21-18-17-19-22-36/h17-19,21-22,29-34,37-39,41-45,47,54,56H,16,20,23-28H2,1-15H3/t29-,30-,31+,32+,33-,34+,37+,38-,39+,41+,42-,43-,44-,45+,47+,48+,49-,50-/m1/s1. The molecule has 0 bridgehead atoms. The zero-order valence-corrected chi connectivity index (χ0v) is 42.4. The van der Waals surface area contributed by atoms with Crippen molar-refractivity contribution in [2.45, 2.75) is 199 Å². The average Bonchev–Trinajstić information content (AvgIpc) is 3.27. The first-order valence-electron chi connectivity index (χ1n) is 23.9. The summed E-state index contributed by atoms with van der Waals surface area (Å²) < 4.78 is 64.2. The zero-order valence-electron chi connectivity index (χ0n) is 42.4. The van der Waals surface area contributed by atoms with Crippen LogP contribution in [0.1, 0.15) is 114 Å². The van der Waals surface area contributed by atoms with Gasteiger partial charge in [-0.1, -0.05) is 58.0 Å². The maximum Gasteiger partial charge on any atom is 0.311 e. The normalized spacial score (nSPS) is 41.0. The number of likely N-dealkylation sites (N-methyl/N-ethyl adjacent to an activating group) is 1. The van der Waals surface area contributed by atoms with Crippen LogP contribution in [0, 0.1) is 23.7 Å². The number of carbonyl (C=O) groups is 3. The number of carbonyl (C=O) groups excluding carboxylic acids is 3. The van der Waals surface area contributed by atoms with Gasteiger partial charge in [-0.3, -0.25) is 14.4 Å². The van der Waals surface area contributed by atoms with Gasteiger partial charge < -0.3 is 62.5 Å². The van der Waals surface area contributed by atoms with Crippen LogP contribution < -0.4 is 0 Å². The highest BCUT2D eigenvalue weighted by Crippen LogP contribution is 2.42. The van der Waals surface area contributed by atoms with Gasteiger partial charge in [0.05, 0.1) is 48.6 Å². The third-order valence-corrected chi connectivity index (χ3v) is 14.3. The van der Waals surface area contributed by atoms with Crippen LogP contribution in [0.4, 0.5) is 0 Å². The summed E-state index contributed by atoms with van der Waals surface area (Å²) in [6.07, 6.45) is -7.29. The van der Waals surface area contributed by atoms with Gasteiger partial charge in [0.15, 0.2) is 18.7 Å². The molecule has 3 heterocycles. The van der Waals surface area contributed by atoms with Crippen LogP contribution in [0.25, 0.3) is 0 Å². The summed E-state index contributed by atoms with van der Waals surface area (Å²) in [4.78, 5) is 43.2. The number of ether oxygens (including phenoxy) is 10. The Bertz CT molecular complexity index is 1680. The molecule has 66 heavy (non-hydrogen) atoms. The van der Waals surface area contributed by atoms with Gasteiger partial charge in [0.2, 0.25) is 0 Å². The summed E-state index contributed by atoms with van der Waals surface area (Å²) in [6, 6.07) is 9.85. The number of nitrogens with zero attached hydrogens (tertiary/aromatic N) is 1. The number of cyclic esters (lactones) is 1. The van der Waals surface area contributed by atoms with E-state index in [1.807, 2.05) is 72.1 Å². The second-order valence-electron chi connectivity index (χ2n) is 20.0. The average molecular weight is 938 g/mol. The summed E-state index contributed by atoms with van der Waals surface area (Å²) in [6.45, 7) is 20.1. The van der Waals surface area contributed by atoms with E-state index >= 15 is 0 Å². The number of benzene rings is 1. The molecule has 0 amide bonds. The monoisotopic (exact) mass is 938 g/mol. The molecule has 0 unspecified atom stereocenters. The Morgan fingerprint density at radius 3 is 2.09 bits per heavy atom. The number of ketones is 1. The van der Waals surface area contributed by atoms with Crippen molar-refractivity contribution in [3.05, 3.63) is 35.9 Å². The van der Waals surface area contributed by atoms with Gasteiger partial charge in [0.1, 0.15) is 29.2 Å². The van der Waals surface area contributed by atoms with E-state index < -0.39 is 108 Å².